The summed E-state index contributed by atoms with van der Waals surface area (Å²) in [5.41, 5.74) is 5.28. The molecule has 2 aromatic rings. The number of nitrogens with zero attached hydrogens (tertiary/aromatic N) is 3. The van der Waals surface area contributed by atoms with Crippen LogP contribution in [0.4, 0.5) is 10.5 Å². The molecule has 2 heterocycles. The SMILES string of the molecule is C[C@H]1CCc2c1nc1c(c2NC(=O)n2ccc(S(=N)(N)=O)n2)CCC1. The largest absolute Gasteiger partial charge is 0.346 e. The van der Waals surface area contributed by atoms with E-state index in [0.717, 1.165) is 65.0 Å². The van der Waals surface area contributed by atoms with Crippen LogP contribution in [0.1, 0.15) is 48.2 Å². The molecule has 0 bridgehead atoms. The first-order valence-electron chi connectivity index (χ1n) is 8.32. The molecule has 132 valence electrons. The summed E-state index contributed by atoms with van der Waals surface area (Å²) in [5, 5.41) is 12.0. The van der Waals surface area contributed by atoms with Gasteiger partial charge in [0.15, 0.2) is 14.9 Å². The third-order valence-electron chi connectivity index (χ3n) is 4.97. The topological polar surface area (TPSA) is 127 Å². The van der Waals surface area contributed by atoms with Crippen LogP contribution in [-0.4, -0.2) is 25.0 Å². The Bertz CT molecular complexity index is 979. The molecule has 2 aromatic heterocycles. The first-order valence-corrected chi connectivity index (χ1v) is 9.95. The van der Waals surface area contributed by atoms with Gasteiger partial charge in [0.05, 0.1) is 5.69 Å². The third kappa shape index (κ3) is 2.73. The van der Waals surface area contributed by atoms with Crippen molar-refractivity contribution in [2.45, 2.75) is 50.0 Å². The van der Waals surface area contributed by atoms with E-state index in [1.807, 2.05) is 0 Å². The lowest BCUT2D eigenvalue weighted by atomic mass is 10.0. The van der Waals surface area contributed by atoms with Gasteiger partial charge in [-0.25, -0.2) is 18.9 Å². The molecule has 0 saturated heterocycles. The van der Waals surface area contributed by atoms with Crippen LogP contribution in [0.25, 0.3) is 0 Å². The number of carbonyl (C=O) groups is 1. The molecule has 4 N–H and O–H groups in total. The van der Waals surface area contributed by atoms with Crippen LogP contribution in [0.2, 0.25) is 0 Å². The number of nitrogens with one attached hydrogen (secondary N) is 2. The maximum Gasteiger partial charge on any atom is 0.346 e. The van der Waals surface area contributed by atoms with Gasteiger partial charge in [-0.3, -0.25) is 4.98 Å². The van der Waals surface area contributed by atoms with E-state index in [0.29, 0.717) is 5.92 Å². The number of anilines is 1. The second-order valence-electron chi connectivity index (χ2n) is 6.70. The maximum atomic E-state index is 12.6. The smallest absolute Gasteiger partial charge is 0.305 e. The van der Waals surface area contributed by atoms with Crippen molar-refractivity contribution in [2.24, 2.45) is 5.14 Å². The van der Waals surface area contributed by atoms with E-state index in [2.05, 4.69) is 17.3 Å². The van der Waals surface area contributed by atoms with Gasteiger partial charge in [0.1, 0.15) is 0 Å². The van der Waals surface area contributed by atoms with Gasteiger partial charge in [0.2, 0.25) is 0 Å². The number of aromatic nitrogens is 3. The van der Waals surface area contributed by atoms with Gasteiger partial charge >= 0.3 is 6.03 Å². The Morgan fingerprint density at radius 1 is 1.40 bits per heavy atom. The van der Waals surface area contributed by atoms with Gasteiger partial charge in [0.25, 0.3) is 0 Å². The Labute approximate surface area is 145 Å². The Balaban J connectivity index is 1.71. The predicted octanol–water partition coefficient (Wildman–Crippen LogP) is 2.18. The number of aryl methyl sites for hydroxylation is 1. The summed E-state index contributed by atoms with van der Waals surface area (Å²) in [5.74, 6) is 0.401. The van der Waals surface area contributed by atoms with E-state index < -0.39 is 15.9 Å². The molecule has 1 amide bonds. The van der Waals surface area contributed by atoms with Crippen molar-refractivity contribution in [1.82, 2.24) is 14.8 Å². The second kappa shape index (κ2) is 5.63. The highest BCUT2D eigenvalue weighted by atomic mass is 32.2. The fourth-order valence-electron chi connectivity index (χ4n) is 3.70. The first-order chi connectivity index (χ1) is 11.8. The molecule has 2 aliphatic carbocycles. The fourth-order valence-corrected chi connectivity index (χ4v) is 4.17. The zero-order valence-electron chi connectivity index (χ0n) is 13.9. The molecule has 0 aliphatic heterocycles. The molecule has 9 heteroatoms. The lowest BCUT2D eigenvalue weighted by Gasteiger charge is -2.16. The highest BCUT2D eigenvalue weighted by molar-refractivity contribution is 7.90. The van der Waals surface area contributed by atoms with Crippen LogP contribution in [0.3, 0.4) is 0 Å². The molecule has 0 aromatic carbocycles. The van der Waals surface area contributed by atoms with Crippen molar-refractivity contribution >= 4 is 21.6 Å². The molecule has 4 rings (SSSR count). The number of carbonyl (C=O) groups excluding carboxylic acids is 1. The second-order valence-corrected chi connectivity index (χ2v) is 8.32. The van der Waals surface area contributed by atoms with Gasteiger partial charge in [-0.1, -0.05) is 6.92 Å². The molecule has 25 heavy (non-hydrogen) atoms. The summed E-state index contributed by atoms with van der Waals surface area (Å²) in [6.45, 7) is 2.16. The Hall–Kier alpha value is -2.26. The number of hydrogen-bond donors (Lipinski definition) is 3. The molecule has 0 radical (unpaired) electrons. The van der Waals surface area contributed by atoms with Crippen molar-refractivity contribution in [3.8, 4) is 0 Å². The predicted molar refractivity (Wildman–Crippen MR) is 93.0 cm³/mol. The molecule has 2 aliphatic rings. The summed E-state index contributed by atoms with van der Waals surface area (Å²) in [7, 11) is -3.44. The molecular formula is C16H20N6O2S. The van der Waals surface area contributed by atoms with Crippen LogP contribution in [0, 0.1) is 4.78 Å². The molecule has 0 saturated carbocycles. The molecule has 0 fully saturated rings. The quantitative estimate of drug-likeness (QED) is 0.758. The van der Waals surface area contributed by atoms with E-state index >= 15 is 0 Å². The number of nitrogens with two attached hydrogens (primary N) is 1. The Kier molecular flexibility index (Phi) is 3.66. The minimum atomic E-state index is -3.44. The molecule has 8 nitrogen and oxygen atoms in total. The molecule has 0 spiro atoms. The summed E-state index contributed by atoms with van der Waals surface area (Å²) in [4.78, 5) is 17.4. The highest BCUT2D eigenvalue weighted by Gasteiger charge is 2.30. The van der Waals surface area contributed by atoms with E-state index in [1.54, 1.807) is 0 Å². The highest BCUT2D eigenvalue weighted by Crippen LogP contribution is 2.41. The number of hydrogen-bond acceptors (Lipinski definition) is 5. The lowest BCUT2D eigenvalue weighted by Crippen LogP contribution is -2.23. The lowest BCUT2D eigenvalue weighted by molar-refractivity contribution is 0.250. The average Bonchev–Trinajstić information content (AvgIpc) is 3.26. The van der Waals surface area contributed by atoms with Gasteiger partial charge in [-0.05, 0) is 55.2 Å². The van der Waals surface area contributed by atoms with E-state index in [4.69, 9.17) is 14.9 Å². The van der Waals surface area contributed by atoms with Crippen LogP contribution in [0.15, 0.2) is 17.3 Å². The van der Waals surface area contributed by atoms with Gasteiger partial charge in [-0.15, -0.1) is 0 Å². The van der Waals surface area contributed by atoms with Gasteiger partial charge < -0.3 is 5.32 Å². The van der Waals surface area contributed by atoms with Gasteiger partial charge in [0, 0.05) is 17.6 Å². The number of amides is 1. The zero-order valence-corrected chi connectivity index (χ0v) is 14.7. The average molecular weight is 360 g/mol. The number of rotatable bonds is 2. The van der Waals surface area contributed by atoms with Crippen molar-refractivity contribution in [1.29, 1.82) is 4.78 Å². The van der Waals surface area contributed by atoms with E-state index in [-0.39, 0.29) is 5.03 Å². The molecule has 1 unspecified atom stereocenters. The summed E-state index contributed by atoms with van der Waals surface area (Å²) >= 11 is 0. The van der Waals surface area contributed by atoms with Crippen molar-refractivity contribution in [3.63, 3.8) is 0 Å². The number of pyridine rings is 1. The molecule has 2 atom stereocenters. The minimum absolute atomic E-state index is 0.110. The summed E-state index contributed by atoms with van der Waals surface area (Å²) in [6.07, 6.45) is 6.21. The third-order valence-corrected chi connectivity index (χ3v) is 5.81. The molecular weight excluding hydrogens is 340 g/mol. The van der Waals surface area contributed by atoms with E-state index in [9.17, 15) is 9.00 Å². The monoisotopic (exact) mass is 360 g/mol. The summed E-state index contributed by atoms with van der Waals surface area (Å²) in [6, 6.07) is 0.884. The normalized spacial score (nSPS) is 20.8. The first kappa shape index (κ1) is 16.2. The van der Waals surface area contributed by atoms with Crippen LogP contribution in [-0.2, 0) is 29.2 Å². The fraction of sp³-hybridized carbons (Fsp3) is 0.438. The minimum Gasteiger partial charge on any atom is -0.305 e. The maximum absolute atomic E-state index is 12.6. The van der Waals surface area contributed by atoms with Crippen molar-refractivity contribution in [2.75, 3.05) is 5.32 Å². The van der Waals surface area contributed by atoms with Crippen LogP contribution >= 0.6 is 0 Å². The van der Waals surface area contributed by atoms with Crippen LogP contribution < -0.4 is 10.5 Å². The summed E-state index contributed by atoms with van der Waals surface area (Å²) < 4.78 is 20.0. The number of fused-ring (bicyclic) bond motifs is 2. The standard InChI is InChI=1S/C16H20N6O2S/c1-9-5-6-11-14(9)19-12-4-2-3-10(12)15(11)20-16(23)22-8-7-13(21-22)25(17,18)24/h7-9H,2-6H2,1H3,(H3,17,18,24)(H,19,20,23)/t9-/m0/s1. The zero-order chi connectivity index (χ0) is 17.8. The van der Waals surface area contributed by atoms with Crippen LogP contribution in [0.5, 0.6) is 0 Å². The Morgan fingerprint density at radius 2 is 2.20 bits per heavy atom. The van der Waals surface area contributed by atoms with Crippen molar-refractivity contribution < 1.29 is 9.00 Å². The van der Waals surface area contributed by atoms with Gasteiger partial charge in [-0.2, -0.15) is 9.78 Å². The van der Waals surface area contributed by atoms with E-state index in [1.165, 1.54) is 12.3 Å². The van der Waals surface area contributed by atoms with Crippen molar-refractivity contribution in [3.05, 3.63) is 34.8 Å². The Morgan fingerprint density at radius 3 is 2.92 bits per heavy atom.